The largest absolute Gasteiger partial charge is 0.462 e. The maximum atomic E-state index is 12.4. The molecule has 8 nitrogen and oxygen atoms in total. The first-order valence-electron chi connectivity index (χ1n) is 11.8. The van der Waals surface area contributed by atoms with Gasteiger partial charge in [-0.15, -0.1) is 11.6 Å². The number of aliphatic hydroxyl groups is 1. The van der Waals surface area contributed by atoms with Gasteiger partial charge in [0.2, 0.25) is 0 Å². The molecule has 1 aliphatic heterocycles. The molecular weight excluding hydrogens is 488 g/mol. The lowest BCUT2D eigenvalue weighted by atomic mass is 9.96. The second kappa shape index (κ2) is 13.2. The van der Waals surface area contributed by atoms with E-state index in [1.165, 1.54) is 0 Å². The molecule has 0 spiro atoms. The highest BCUT2D eigenvalue weighted by atomic mass is 35.5. The summed E-state index contributed by atoms with van der Waals surface area (Å²) < 4.78 is 29.0. The van der Waals surface area contributed by atoms with Crippen LogP contribution in [-0.2, 0) is 46.5 Å². The van der Waals surface area contributed by atoms with Crippen LogP contribution >= 0.6 is 11.6 Å². The number of rotatable bonds is 10. The maximum Gasteiger partial charge on any atom is 0.321 e. The number of carbonyl (C=O) groups excluding carboxylic acids is 2. The number of ether oxygens (including phenoxy) is 5. The van der Waals surface area contributed by atoms with Gasteiger partial charge in [-0.25, -0.2) is 0 Å². The number of hydrogen-bond acceptors (Lipinski definition) is 8. The topological polar surface area (TPSA) is 101 Å². The highest BCUT2D eigenvalue weighted by Crippen LogP contribution is 2.30. The number of halogens is 1. The lowest BCUT2D eigenvalue weighted by Crippen LogP contribution is -2.61. The Kier molecular flexibility index (Phi) is 10.3. The molecule has 0 aromatic heterocycles. The van der Waals surface area contributed by atoms with Crippen LogP contribution in [0.15, 0.2) is 60.7 Å². The van der Waals surface area contributed by atoms with Gasteiger partial charge in [-0.3, -0.25) is 9.59 Å². The highest BCUT2D eigenvalue weighted by molar-refractivity contribution is 6.26. The Balaban J connectivity index is 1.85. The highest BCUT2D eigenvalue weighted by Gasteiger charge is 2.49. The Bertz CT molecular complexity index is 963. The van der Waals surface area contributed by atoms with Crippen molar-refractivity contribution in [2.45, 2.75) is 64.7 Å². The Labute approximate surface area is 216 Å². The van der Waals surface area contributed by atoms with E-state index in [1.54, 1.807) is 20.8 Å². The fraction of sp³-hybridized carbons (Fsp3) is 0.481. The fourth-order valence-corrected chi connectivity index (χ4v) is 3.69. The molecule has 2 aromatic carbocycles. The molecular formula is C27H33ClO8. The third kappa shape index (κ3) is 8.01. The minimum absolute atomic E-state index is 0.160. The molecule has 0 saturated carbocycles. The minimum Gasteiger partial charge on any atom is -0.462 e. The number of hydrogen-bond donors (Lipinski definition) is 1. The minimum atomic E-state index is -1.43. The van der Waals surface area contributed by atoms with Gasteiger partial charge < -0.3 is 28.8 Å². The molecule has 0 amide bonds. The number of carbonyl (C=O) groups is 2. The molecule has 0 unspecified atom stereocenters. The van der Waals surface area contributed by atoms with Crippen molar-refractivity contribution in [1.29, 1.82) is 0 Å². The molecule has 0 bridgehead atoms. The standard InChI is InChI=1S/C27H33ClO8/c1-27(2,3)26(31)34-17-20-22(36-21(29)14-28)23(32-15-18-10-6-4-7-11-18)24(25(30)35-20)33-16-19-12-8-5-9-13-19/h4-13,20,22-25,30H,14-17H2,1-3H3/t20-,22-,23+,24-,25-/m1/s1. The van der Waals surface area contributed by atoms with Crippen LogP contribution in [0.1, 0.15) is 31.9 Å². The summed E-state index contributed by atoms with van der Waals surface area (Å²) in [6.45, 7) is 5.22. The molecule has 1 aliphatic rings. The van der Waals surface area contributed by atoms with Crippen molar-refractivity contribution in [3.05, 3.63) is 71.8 Å². The molecule has 196 valence electrons. The summed E-state index contributed by atoms with van der Waals surface area (Å²) in [6, 6.07) is 18.8. The van der Waals surface area contributed by atoms with Gasteiger partial charge >= 0.3 is 11.9 Å². The van der Waals surface area contributed by atoms with Crippen molar-refractivity contribution in [1.82, 2.24) is 0 Å². The van der Waals surface area contributed by atoms with Crippen LogP contribution in [0.25, 0.3) is 0 Å². The van der Waals surface area contributed by atoms with Crippen molar-refractivity contribution >= 4 is 23.5 Å². The zero-order valence-electron chi connectivity index (χ0n) is 20.7. The van der Waals surface area contributed by atoms with Crippen LogP contribution in [0.5, 0.6) is 0 Å². The molecule has 1 N–H and O–H groups in total. The van der Waals surface area contributed by atoms with Crippen molar-refractivity contribution in [3.63, 3.8) is 0 Å². The zero-order chi connectivity index (χ0) is 26.1. The Morgan fingerprint density at radius 1 is 0.889 bits per heavy atom. The van der Waals surface area contributed by atoms with Crippen molar-refractivity contribution in [2.75, 3.05) is 12.5 Å². The first-order chi connectivity index (χ1) is 17.2. The van der Waals surface area contributed by atoms with Crippen LogP contribution in [0.2, 0.25) is 0 Å². The summed E-state index contributed by atoms with van der Waals surface area (Å²) >= 11 is 5.71. The fourth-order valence-electron chi connectivity index (χ4n) is 3.63. The molecule has 9 heteroatoms. The van der Waals surface area contributed by atoms with E-state index in [-0.39, 0.29) is 19.8 Å². The average molecular weight is 521 g/mol. The van der Waals surface area contributed by atoms with Gasteiger partial charge in [-0.05, 0) is 31.9 Å². The smallest absolute Gasteiger partial charge is 0.321 e. The Morgan fingerprint density at radius 2 is 1.42 bits per heavy atom. The quantitative estimate of drug-likeness (QED) is 0.374. The number of esters is 2. The van der Waals surface area contributed by atoms with Gasteiger partial charge in [0.1, 0.15) is 30.8 Å². The van der Waals surface area contributed by atoms with E-state index in [0.717, 1.165) is 11.1 Å². The van der Waals surface area contributed by atoms with E-state index < -0.39 is 53.9 Å². The first kappa shape index (κ1) is 28.1. The van der Waals surface area contributed by atoms with Crippen molar-refractivity contribution in [3.8, 4) is 0 Å². The van der Waals surface area contributed by atoms with E-state index in [0.29, 0.717) is 0 Å². The molecule has 2 aromatic rings. The maximum absolute atomic E-state index is 12.4. The van der Waals surface area contributed by atoms with Gasteiger partial charge in [0.15, 0.2) is 12.4 Å². The van der Waals surface area contributed by atoms with E-state index in [1.807, 2.05) is 60.7 Å². The van der Waals surface area contributed by atoms with Crippen molar-refractivity contribution < 1.29 is 38.4 Å². The molecule has 5 atom stereocenters. The van der Waals surface area contributed by atoms with E-state index in [9.17, 15) is 14.7 Å². The number of aliphatic hydroxyl groups excluding tert-OH is 1. The van der Waals surface area contributed by atoms with Gasteiger partial charge in [0.25, 0.3) is 0 Å². The summed E-state index contributed by atoms with van der Waals surface area (Å²) in [5.41, 5.74) is 1.00. The van der Waals surface area contributed by atoms with Gasteiger partial charge in [0.05, 0.1) is 18.6 Å². The average Bonchev–Trinajstić information content (AvgIpc) is 2.87. The second-order valence-corrected chi connectivity index (χ2v) is 9.79. The van der Waals surface area contributed by atoms with Crippen molar-refractivity contribution in [2.24, 2.45) is 5.41 Å². The van der Waals surface area contributed by atoms with Gasteiger partial charge in [-0.2, -0.15) is 0 Å². The molecule has 1 fully saturated rings. The molecule has 3 rings (SSSR count). The number of benzene rings is 2. The van der Waals surface area contributed by atoms with Crippen LogP contribution < -0.4 is 0 Å². The van der Waals surface area contributed by atoms with E-state index >= 15 is 0 Å². The predicted molar refractivity (Wildman–Crippen MR) is 132 cm³/mol. The third-order valence-electron chi connectivity index (χ3n) is 5.55. The lowest BCUT2D eigenvalue weighted by Gasteiger charge is -2.43. The SMILES string of the molecule is CC(C)(C)C(=O)OC[C@H]1O[C@@H](O)[C@H](OCc2ccccc2)[C@@H](OCc2ccccc2)[C@@H]1OC(=O)CCl. The van der Waals surface area contributed by atoms with Crippen LogP contribution in [-0.4, -0.2) is 60.2 Å². The molecule has 0 radical (unpaired) electrons. The summed E-state index contributed by atoms with van der Waals surface area (Å²) in [7, 11) is 0. The Morgan fingerprint density at radius 3 is 1.92 bits per heavy atom. The van der Waals surface area contributed by atoms with Crippen LogP contribution in [0.4, 0.5) is 0 Å². The zero-order valence-corrected chi connectivity index (χ0v) is 21.4. The third-order valence-corrected chi connectivity index (χ3v) is 5.77. The molecule has 0 aliphatic carbocycles. The lowest BCUT2D eigenvalue weighted by molar-refractivity contribution is -0.310. The predicted octanol–water partition coefficient (Wildman–Crippen LogP) is 3.61. The summed E-state index contributed by atoms with van der Waals surface area (Å²) in [5.74, 6) is -1.56. The summed E-state index contributed by atoms with van der Waals surface area (Å²) in [6.07, 6.45) is -5.44. The van der Waals surface area contributed by atoms with E-state index in [2.05, 4.69) is 0 Å². The summed E-state index contributed by atoms with van der Waals surface area (Å²) in [4.78, 5) is 24.6. The Hall–Kier alpha value is -2.49. The van der Waals surface area contributed by atoms with Crippen LogP contribution in [0, 0.1) is 5.41 Å². The van der Waals surface area contributed by atoms with Gasteiger partial charge in [0, 0.05) is 0 Å². The number of alkyl halides is 1. The van der Waals surface area contributed by atoms with E-state index in [4.69, 9.17) is 35.3 Å². The second-order valence-electron chi connectivity index (χ2n) is 9.52. The first-order valence-corrected chi connectivity index (χ1v) is 12.3. The van der Waals surface area contributed by atoms with Gasteiger partial charge in [-0.1, -0.05) is 60.7 Å². The summed E-state index contributed by atoms with van der Waals surface area (Å²) in [5, 5.41) is 10.9. The molecule has 1 saturated heterocycles. The molecule has 36 heavy (non-hydrogen) atoms. The van der Waals surface area contributed by atoms with Crippen LogP contribution in [0.3, 0.4) is 0 Å². The normalized spacial score (nSPS) is 24.2. The monoisotopic (exact) mass is 520 g/mol. The molecule has 1 heterocycles.